The van der Waals surface area contributed by atoms with Crippen LogP contribution in [-0.2, 0) is 6.54 Å². The van der Waals surface area contributed by atoms with Crippen molar-refractivity contribution < 1.29 is 4.39 Å². The van der Waals surface area contributed by atoms with E-state index in [1.165, 1.54) is 5.56 Å². The van der Waals surface area contributed by atoms with Crippen molar-refractivity contribution in [3.8, 4) is 0 Å². The van der Waals surface area contributed by atoms with Crippen LogP contribution in [0.15, 0.2) is 18.2 Å². The Balaban J connectivity index is 0.00000144. The van der Waals surface area contributed by atoms with Crippen LogP contribution in [-0.4, -0.2) is 24.0 Å². The van der Waals surface area contributed by atoms with Gasteiger partial charge in [0.15, 0.2) is 0 Å². The van der Waals surface area contributed by atoms with Crippen LogP contribution >= 0.6 is 12.4 Å². The molecule has 0 saturated carbocycles. The molecule has 1 fully saturated rings. The van der Waals surface area contributed by atoms with Crippen LogP contribution in [0.4, 0.5) is 4.39 Å². The summed E-state index contributed by atoms with van der Waals surface area (Å²) in [4.78, 5) is 2.38. The Labute approximate surface area is 108 Å². The summed E-state index contributed by atoms with van der Waals surface area (Å²) in [6.07, 6.45) is 2.14. The smallest absolute Gasteiger partial charge is 0.126 e. The molecule has 1 aliphatic rings. The number of hydrogen-bond acceptors (Lipinski definition) is 2. The van der Waals surface area contributed by atoms with Crippen LogP contribution in [0, 0.1) is 12.7 Å². The van der Waals surface area contributed by atoms with Crippen LogP contribution in [0.5, 0.6) is 0 Å². The van der Waals surface area contributed by atoms with Gasteiger partial charge in [0, 0.05) is 12.6 Å². The third-order valence-electron chi connectivity index (χ3n) is 3.26. The minimum absolute atomic E-state index is 0. The van der Waals surface area contributed by atoms with E-state index in [1.807, 2.05) is 19.1 Å². The monoisotopic (exact) mass is 258 g/mol. The van der Waals surface area contributed by atoms with Crippen LogP contribution in [0.2, 0.25) is 0 Å². The molecule has 0 bridgehead atoms. The summed E-state index contributed by atoms with van der Waals surface area (Å²) in [5.41, 5.74) is 7.78. The second-order valence-corrected chi connectivity index (χ2v) is 4.70. The Kier molecular flexibility index (Phi) is 5.37. The summed E-state index contributed by atoms with van der Waals surface area (Å²) < 4.78 is 13.1. The minimum Gasteiger partial charge on any atom is -0.328 e. The van der Waals surface area contributed by atoms with E-state index in [2.05, 4.69) is 4.90 Å². The van der Waals surface area contributed by atoms with Gasteiger partial charge in [0.2, 0.25) is 0 Å². The van der Waals surface area contributed by atoms with E-state index in [0.29, 0.717) is 6.04 Å². The average Bonchev–Trinajstić information content (AvgIpc) is 2.27. The van der Waals surface area contributed by atoms with Crippen molar-refractivity contribution >= 4 is 12.4 Å². The fourth-order valence-corrected chi connectivity index (χ4v) is 2.17. The average molecular weight is 259 g/mol. The summed E-state index contributed by atoms with van der Waals surface area (Å²) in [5, 5.41) is 0. The first-order chi connectivity index (χ1) is 7.65. The number of halogens is 2. The summed E-state index contributed by atoms with van der Waals surface area (Å²) in [5.74, 6) is -0.121. The van der Waals surface area contributed by atoms with Crippen molar-refractivity contribution in [1.29, 1.82) is 0 Å². The van der Waals surface area contributed by atoms with E-state index < -0.39 is 0 Å². The molecule has 4 heteroatoms. The van der Waals surface area contributed by atoms with E-state index in [4.69, 9.17) is 5.73 Å². The van der Waals surface area contributed by atoms with Crippen molar-refractivity contribution in [3.63, 3.8) is 0 Å². The molecule has 1 saturated heterocycles. The molecule has 1 aliphatic heterocycles. The maximum atomic E-state index is 13.1. The van der Waals surface area contributed by atoms with E-state index >= 15 is 0 Å². The fourth-order valence-electron chi connectivity index (χ4n) is 2.17. The number of nitrogens with two attached hydrogens (primary N) is 1. The summed E-state index contributed by atoms with van der Waals surface area (Å²) in [6, 6.07) is 5.73. The highest BCUT2D eigenvalue weighted by Gasteiger charge is 2.15. The Bertz CT molecular complexity index is 362. The van der Waals surface area contributed by atoms with Crippen molar-refractivity contribution in [2.75, 3.05) is 13.1 Å². The van der Waals surface area contributed by atoms with Crippen molar-refractivity contribution in [2.45, 2.75) is 32.4 Å². The zero-order chi connectivity index (χ0) is 11.5. The molecule has 1 aromatic rings. The zero-order valence-corrected chi connectivity index (χ0v) is 11.0. The molecule has 2 rings (SSSR count). The van der Waals surface area contributed by atoms with Gasteiger partial charge in [-0.3, -0.25) is 4.90 Å². The SMILES string of the molecule is Cc1cc(CN2CCC(N)CC2)ccc1F.Cl. The molecule has 0 spiro atoms. The quantitative estimate of drug-likeness (QED) is 0.883. The highest BCUT2D eigenvalue weighted by Crippen LogP contribution is 2.15. The van der Waals surface area contributed by atoms with Gasteiger partial charge < -0.3 is 5.73 Å². The first-order valence-corrected chi connectivity index (χ1v) is 5.88. The van der Waals surface area contributed by atoms with Gasteiger partial charge in [0.05, 0.1) is 0 Å². The predicted octanol–water partition coefficient (Wildman–Crippen LogP) is 2.48. The third-order valence-corrected chi connectivity index (χ3v) is 3.26. The van der Waals surface area contributed by atoms with Crippen molar-refractivity contribution in [3.05, 3.63) is 35.1 Å². The Hall–Kier alpha value is -0.640. The minimum atomic E-state index is -0.121. The molecule has 96 valence electrons. The van der Waals surface area contributed by atoms with Crippen molar-refractivity contribution in [1.82, 2.24) is 4.90 Å². The molecule has 2 nitrogen and oxygen atoms in total. The van der Waals surface area contributed by atoms with E-state index in [9.17, 15) is 4.39 Å². The highest BCUT2D eigenvalue weighted by molar-refractivity contribution is 5.85. The highest BCUT2D eigenvalue weighted by atomic mass is 35.5. The maximum Gasteiger partial charge on any atom is 0.126 e. The van der Waals surface area contributed by atoms with Crippen molar-refractivity contribution in [2.24, 2.45) is 5.73 Å². The van der Waals surface area contributed by atoms with E-state index in [0.717, 1.165) is 38.0 Å². The van der Waals surface area contributed by atoms with Crippen LogP contribution in [0.1, 0.15) is 24.0 Å². The lowest BCUT2D eigenvalue weighted by Crippen LogP contribution is -2.39. The molecule has 2 N–H and O–H groups in total. The second-order valence-electron chi connectivity index (χ2n) is 4.70. The topological polar surface area (TPSA) is 29.3 Å². The van der Waals surface area contributed by atoms with Gasteiger partial charge in [0.25, 0.3) is 0 Å². The lowest BCUT2D eigenvalue weighted by atomic mass is 10.0. The van der Waals surface area contributed by atoms with E-state index in [1.54, 1.807) is 6.07 Å². The lowest BCUT2D eigenvalue weighted by molar-refractivity contribution is 0.205. The summed E-state index contributed by atoms with van der Waals surface area (Å²) in [7, 11) is 0. The Morgan fingerprint density at radius 2 is 2.00 bits per heavy atom. The number of nitrogens with zero attached hydrogens (tertiary/aromatic N) is 1. The fraction of sp³-hybridized carbons (Fsp3) is 0.538. The molecule has 0 aliphatic carbocycles. The van der Waals surface area contributed by atoms with Gasteiger partial charge >= 0.3 is 0 Å². The van der Waals surface area contributed by atoms with Gasteiger partial charge in [0.1, 0.15) is 5.82 Å². The largest absolute Gasteiger partial charge is 0.328 e. The standard InChI is InChI=1S/C13H19FN2.ClH/c1-10-8-11(2-3-13(10)14)9-16-6-4-12(15)5-7-16;/h2-3,8,12H,4-7,9,15H2,1H3;1H. The van der Waals surface area contributed by atoms with Crippen LogP contribution in [0.25, 0.3) is 0 Å². The summed E-state index contributed by atoms with van der Waals surface area (Å²) >= 11 is 0. The Morgan fingerprint density at radius 1 is 1.35 bits per heavy atom. The van der Waals surface area contributed by atoms with Gasteiger partial charge in [-0.05, 0) is 50.0 Å². The van der Waals surface area contributed by atoms with Gasteiger partial charge in [-0.2, -0.15) is 0 Å². The van der Waals surface area contributed by atoms with Crippen LogP contribution < -0.4 is 5.73 Å². The maximum absolute atomic E-state index is 13.1. The second kappa shape index (κ2) is 6.34. The first-order valence-electron chi connectivity index (χ1n) is 5.88. The molecule has 0 aromatic heterocycles. The number of rotatable bonds is 2. The molecule has 0 radical (unpaired) electrons. The Morgan fingerprint density at radius 3 is 2.59 bits per heavy atom. The molecule has 1 heterocycles. The number of hydrogen-bond donors (Lipinski definition) is 1. The zero-order valence-electron chi connectivity index (χ0n) is 10.2. The first kappa shape index (κ1) is 14.4. The number of piperidine rings is 1. The molecule has 0 amide bonds. The van der Waals surface area contributed by atoms with Gasteiger partial charge in [-0.1, -0.05) is 12.1 Å². The van der Waals surface area contributed by atoms with Crippen LogP contribution in [0.3, 0.4) is 0 Å². The number of likely N-dealkylation sites (tertiary alicyclic amines) is 1. The predicted molar refractivity (Wildman–Crippen MR) is 70.9 cm³/mol. The van der Waals surface area contributed by atoms with Gasteiger partial charge in [-0.15, -0.1) is 12.4 Å². The molecular formula is C13H20ClFN2. The van der Waals surface area contributed by atoms with E-state index in [-0.39, 0.29) is 18.2 Å². The molecule has 17 heavy (non-hydrogen) atoms. The lowest BCUT2D eigenvalue weighted by Gasteiger charge is -2.30. The number of aryl methyl sites for hydroxylation is 1. The summed E-state index contributed by atoms with van der Waals surface area (Å²) in [6.45, 7) is 4.83. The molecule has 1 aromatic carbocycles. The number of benzene rings is 1. The van der Waals surface area contributed by atoms with Gasteiger partial charge in [-0.25, -0.2) is 4.39 Å². The normalized spacial score (nSPS) is 17.8. The third kappa shape index (κ3) is 3.95. The molecule has 0 unspecified atom stereocenters. The molecule has 0 atom stereocenters. The molecular weight excluding hydrogens is 239 g/mol.